The number of hydrogen-bond acceptors (Lipinski definition) is 9. The van der Waals surface area contributed by atoms with Gasteiger partial charge in [-0.15, -0.1) is 21.5 Å². The summed E-state index contributed by atoms with van der Waals surface area (Å²) in [5.41, 5.74) is 0.458. The van der Waals surface area contributed by atoms with Crippen LogP contribution in [0.15, 0.2) is 20.1 Å². The molecule has 2 fully saturated rings. The average Bonchev–Trinajstić information content (AvgIpc) is 3.50. The third-order valence-corrected chi connectivity index (χ3v) is 9.06. The summed E-state index contributed by atoms with van der Waals surface area (Å²) in [6, 6.07) is 1.49. The highest BCUT2D eigenvalue weighted by Crippen LogP contribution is 2.32. The van der Waals surface area contributed by atoms with Gasteiger partial charge in [-0.3, -0.25) is 9.59 Å². The van der Waals surface area contributed by atoms with Crippen LogP contribution < -0.4 is 0 Å². The highest BCUT2D eigenvalue weighted by atomic mass is 32.2. The van der Waals surface area contributed by atoms with Crippen LogP contribution in [0.2, 0.25) is 0 Å². The predicted molar refractivity (Wildman–Crippen MR) is 115 cm³/mol. The maximum absolute atomic E-state index is 13.0. The van der Waals surface area contributed by atoms with E-state index in [1.165, 1.54) is 10.4 Å². The van der Waals surface area contributed by atoms with Crippen molar-refractivity contribution in [3.05, 3.63) is 17.3 Å². The van der Waals surface area contributed by atoms with Crippen molar-refractivity contribution >= 4 is 33.2 Å². The van der Waals surface area contributed by atoms with E-state index in [9.17, 15) is 18.0 Å². The predicted octanol–water partition coefficient (Wildman–Crippen LogP) is 2.39. The highest BCUT2D eigenvalue weighted by Gasteiger charge is 2.34. The van der Waals surface area contributed by atoms with E-state index in [0.717, 1.165) is 30.6 Å². The molecule has 2 aromatic rings. The normalized spacial score (nSPS) is 18.6. The molecule has 10 nitrogen and oxygen atoms in total. The Bertz CT molecular complexity index is 1070. The lowest BCUT2D eigenvalue weighted by Gasteiger charge is -2.29. The molecule has 2 aliphatic heterocycles. The van der Waals surface area contributed by atoms with Crippen LogP contribution in [-0.2, 0) is 19.6 Å². The van der Waals surface area contributed by atoms with E-state index in [1.54, 1.807) is 17.2 Å². The number of likely N-dealkylation sites (tertiary alicyclic amines) is 1. The molecule has 0 aliphatic carbocycles. The van der Waals surface area contributed by atoms with Gasteiger partial charge in [-0.2, -0.15) is 4.31 Å². The molecule has 2 aliphatic rings. The number of ether oxygens (including phenoxy) is 1. The molecule has 0 unspecified atom stereocenters. The number of piperidine rings is 2. The number of rotatable bonds is 6. The Balaban J connectivity index is 1.43. The van der Waals surface area contributed by atoms with Crippen molar-refractivity contribution in [2.24, 2.45) is 5.92 Å². The fraction of sp³-hybridized carbons (Fsp3) is 0.600. The smallest absolute Gasteiger partial charge is 0.311 e. The summed E-state index contributed by atoms with van der Waals surface area (Å²) >= 11 is 1.06. The van der Waals surface area contributed by atoms with Crippen molar-refractivity contribution in [2.45, 2.75) is 43.2 Å². The molecule has 1 amide bonds. The lowest BCUT2D eigenvalue weighted by molar-refractivity contribution is -0.149. The summed E-state index contributed by atoms with van der Waals surface area (Å²) in [6.45, 7) is 3.93. The molecular weight excluding hydrogens is 456 g/mol. The number of thiophene rings is 1. The third kappa shape index (κ3) is 4.71. The number of amides is 1. The number of nitrogens with zero attached hydrogens (tertiary/aromatic N) is 4. The maximum Gasteiger partial charge on any atom is 0.311 e. The van der Waals surface area contributed by atoms with Gasteiger partial charge in [0.1, 0.15) is 4.21 Å². The van der Waals surface area contributed by atoms with Gasteiger partial charge in [0.15, 0.2) is 0 Å². The largest absolute Gasteiger partial charge is 0.466 e. The Labute approximate surface area is 190 Å². The van der Waals surface area contributed by atoms with Gasteiger partial charge in [-0.05, 0) is 45.1 Å². The zero-order valence-electron chi connectivity index (χ0n) is 17.9. The molecule has 0 bridgehead atoms. The SMILES string of the molecule is CCOC(=O)C1CCN(S(=O)(=O)c2cc(-c3nnc(C(=O)N4CCCCC4)o3)cs2)CC1. The van der Waals surface area contributed by atoms with Gasteiger partial charge in [-0.25, -0.2) is 8.42 Å². The van der Waals surface area contributed by atoms with E-state index < -0.39 is 10.0 Å². The third-order valence-electron chi connectivity index (χ3n) is 5.74. The molecular formula is C20H26N4O6S2. The van der Waals surface area contributed by atoms with Crippen molar-refractivity contribution < 1.29 is 27.2 Å². The first kappa shape index (κ1) is 22.9. The monoisotopic (exact) mass is 482 g/mol. The van der Waals surface area contributed by atoms with Crippen LogP contribution in [0.4, 0.5) is 0 Å². The van der Waals surface area contributed by atoms with Gasteiger partial charge < -0.3 is 14.1 Å². The first-order valence-electron chi connectivity index (χ1n) is 10.8. The zero-order chi connectivity index (χ0) is 22.7. The summed E-state index contributed by atoms with van der Waals surface area (Å²) in [7, 11) is -3.70. The maximum atomic E-state index is 13.0. The lowest BCUT2D eigenvalue weighted by atomic mass is 9.98. The summed E-state index contributed by atoms with van der Waals surface area (Å²) in [4.78, 5) is 26.1. The van der Waals surface area contributed by atoms with E-state index in [-0.39, 0.29) is 46.9 Å². The van der Waals surface area contributed by atoms with Crippen LogP contribution in [0.3, 0.4) is 0 Å². The summed E-state index contributed by atoms with van der Waals surface area (Å²) < 4.78 is 38.2. The minimum atomic E-state index is -3.70. The Morgan fingerprint density at radius 2 is 1.88 bits per heavy atom. The molecule has 0 spiro atoms. The second-order valence-electron chi connectivity index (χ2n) is 7.85. The van der Waals surface area contributed by atoms with Crippen molar-refractivity contribution in [3.8, 4) is 11.5 Å². The molecule has 4 rings (SSSR count). The van der Waals surface area contributed by atoms with Gasteiger partial charge in [0.05, 0.1) is 18.1 Å². The van der Waals surface area contributed by atoms with E-state index in [2.05, 4.69) is 10.2 Å². The van der Waals surface area contributed by atoms with Crippen LogP contribution >= 0.6 is 11.3 Å². The van der Waals surface area contributed by atoms with Crippen LogP contribution in [0.25, 0.3) is 11.5 Å². The van der Waals surface area contributed by atoms with Crippen LogP contribution in [0, 0.1) is 5.92 Å². The Morgan fingerprint density at radius 3 is 2.56 bits per heavy atom. The Kier molecular flexibility index (Phi) is 6.91. The zero-order valence-corrected chi connectivity index (χ0v) is 19.5. The number of carbonyl (C=O) groups is 2. The first-order chi connectivity index (χ1) is 15.4. The molecule has 2 saturated heterocycles. The topological polar surface area (TPSA) is 123 Å². The van der Waals surface area contributed by atoms with Gasteiger partial charge in [-0.1, -0.05) is 0 Å². The highest BCUT2D eigenvalue weighted by molar-refractivity contribution is 7.91. The summed E-state index contributed by atoms with van der Waals surface area (Å²) in [5.74, 6) is -0.803. The van der Waals surface area contributed by atoms with Crippen molar-refractivity contribution in [3.63, 3.8) is 0 Å². The summed E-state index contributed by atoms with van der Waals surface area (Å²) in [6.07, 6.45) is 3.88. The quantitative estimate of drug-likeness (QED) is 0.575. The minimum Gasteiger partial charge on any atom is -0.466 e. The van der Waals surface area contributed by atoms with Crippen LogP contribution in [0.5, 0.6) is 0 Å². The second-order valence-corrected chi connectivity index (χ2v) is 10.9. The number of esters is 1. The van der Waals surface area contributed by atoms with E-state index in [0.29, 0.717) is 38.1 Å². The van der Waals surface area contributed by atoms with Crippen LogP contribution in [0.1, 0.15) is 49.7 Å². The molecule has 12 heteroatoms. The fourth-order valence-electron chi connectivity index (χ4n) is 3.94. The number of carbonyl (C=O) groups excluding carboxylic acids is 2. The van der Waals surface area contributed by atoms with Gasteiger partial charge >= 0.3 is 17.8 Å². The molecule has 32 heavy (non-hydrogen) atoms. The average molecular weight is 483 g/mol. The summed E-state index contributed by atoms with van der Waals surface area (Å²) in [5, 5.41) is 9.43. The Morgan fingerprint density at radius 1 is 1.16 bits per heavy atom. The van der Waals surface area contributed by atoms with Gasteiger partial charge in [0.25, 0.3) is 10.0 Å². The van der Waals surface area contributed by atoms with Crippen molar-refractivity contribution in [1.29, 1.82) is 0 Å². The fourth-order valence-corrected chi connectivity index (χ4v) is 6.72. The molecule has 0 aromatic carbocycles. The molecule has 2 aromatic heterocycles. The molecule has 0 N–H and O–H groups in total. The molecule has 0 saturated carbocycles. The van der Waals surface area contributed by atoms with Crippen molar-refractivity contribution in [1.82, 2.24) is 19.4 Å². The molecule has 174 valence electrons. The van der Waals surface area contributed by atoms with E-state index in [1.807, 2.05) is 0 Å². The van der Waals surface area contributed by atoms with Gasteiger partial charge in [0.2, 0.25) is 5.89 Å². The van der Waals surface area contributed by atoms with E-state index >= 15 is 0 Å². The number of sulfonamides is 1. The number of hydrogen-bond donors (Lipinski definition) is 0. The lowest BCUT2D eigenvalue weighted by Crippen LogP contribution is -2.40. The Hall–Kier alpha value is -2.31. The van der Waals surface area contributed by atoms with Crippen molar-refractivity contribution in [2.75, 3.05) is 32.8 Å². The molecule has 4 heterocycles. The molecule has 0 atom stereocenters. The second kappa shape index (κ2) is 9.67. The molecule has 0 radical (unpaired) electrons. The van der Waals surface area contributed by atoms with E-state index in [4.69, 9.17) is 9.15 Å². The van der Waals surface area contributed by atoms with Crippen LogP contribution in [-0.4, -0.2) is 72.5 Å². The minimum absolute atomic E-state index is 0.0847. The number of aromatic nitrogens is 2. The standard InChI is InChI=1S/C20H26N4O6S2/c1-2-29-20(26)14-6-10-24(11-7-14)32(27,28)16-12-15(13-31-16)17-21-22-18(30-17)19(25)23-8-4-3-5-9-23/h12-14H,2-11H2,1H3. The first-order valence-corrected chi connectivity index (χ1v) is 13.1. The van der Waals surface area contributed by atoms with Gasteiger partial charge in [0, 0.05) is 31.6 Å².